The molecule has 0 bridgehead atoms. The zero-order valence-corrected chi connectivity index (χ0v) is 14.5. The number of hydrogen-bond donors (Lipinski definition) is 1. The molecule has 0 spiro atoms. The summed E-state index contributed by atoms with van der Waals surface area (Å²) in [6.45, 7) is 7.32. The van der Waals surface area contributed by atoms with E-state index < -0.39 is 10.8 Å². The molecule has 118 valence electrons. The van der Waals surface area contributed by atoms with Crippen LogP contribution in [0.4, 0.5) is 0 Å². The Balaban J connectivity index is 2.02. The maximum Gasteiger partial charge on any atom is 0.0439 e. The smallest absolute Gasteiger partial charge is 0.0439 e. The summed E-state index contributed by atoms with van der Waals surface area (Å²) >= 11 is 0. The third-order valence-electron chi connectivity index (χ3n) is 4.50. The first-order chi connectivity index (χ1) is 10.1. The fraction of sp³-hybridized carbons (Fsp3) is 0.667. The Morgan fingerprint density at radius 3 is 2.62 bits per heavy atom. The summed E-state index contributed by atoms with van der Waals surface area (Å²) in [4.78, 5) is 0. The summed E-state index contributed by atoms with van der Waals surface area (Å²) in [5.74, 6) is 2.34. The maximum atomic E-state index is 12.5. The van der Waals surface area contributed by atoms with Gasteiger partial charge in [0.05, 0.1) is 0 Å². The van der Waals surface area contributed by atoms with E-state index in [0.29, 0.717) is 5.92 Å². The molecular formula is C18H29NOS. The van der Waals surface area contributed by atoms with Crippen LogP contribution in [0.1, 0.15) is 55.3 Å². The molecule has 1 aliphatic carbocycles. The minimum absolute atomic E-state index is 0.220. The van der Waals surface area contributed by atoms with Crippen LogP contribution in [-0.2, 0) is 10.8 Å². The van der Waals surface area contributed by atoms with Crippen molar-refractivity contribution in [3.8, 4) is 0 Å². The summed E-state index contributed by atoms with van der Waals surface area (Å²) in [5.41, 5.74) is 3.90. The van der Waals surface area contributed by atoms with Crippen LogP contribution in [0, 0.1) is 19.8 Å². The molecule has 0 aliphatic heterocycles. The van der Waals surface area contributed by atoms with Crippen molar-refractivity contribution >= 4 is 10.8 Å². The van der Waals surface area contributed by atoms with Crippen molar-refractivity contribution < 1.29 is 4.21 Å². The number of rotatable bonds is 7. The van der Waals surface area contributed by atoms with Gasteiger partial charge in [0, 0.05) is 28.3 Å². The van der Waals surface area contributed by atoms with Crippen molar-refractivity contribution in [1.82, 2.24) is 5.32 Å². The van der Waals surface area contributed by atoms with E-state index in [1.807, 2.05) is 0 Å². The number of hydrogen-bond acceptors (Lipinski definition) is 2. The van der Waals surface area contributed by atoms with Crippen molar-refractivity contribution in [3.05, 3.63) is 34.9 Å². The molecule has 1 saturated carbocycles. The summed E-state index contributed by atoms with van der Waals surface area (Å²) in [5, 5.41) is 3.52. The SMILES string of the molecule is CCNC(CS(=O)CC1CCCC1)c1ccc(C)cc1C. The first-order valence-corrected chi connectivity index (χ1v) is 9.74. The van der Waals surface area contributed by atoms with Crippen LogP contribution in [0.15, 0.2) is 18.2 Å². The lowest BCUT2D eigenvalue weighted by Gasteiger charge is -2.21. The second-order valence-electron chi connectivity index (χ2n) is 6.39. The summed E-state index contributed by atoms with van der Waals surface area (Å²) < 4.78 is 12.5. The van der Waals surface area contributed by atoms with Gasteiger partial charge in [-0.15, -0.1) is 0 Å². The van der Waals surface area contributed by atoms with E-state index in [-0.39, 0.29) is 6.04 Å². The largest absolute Gasteiger partial charge is 0.309 e. The quantitative estimate of drug-likeness (QED) is 0.828. The Morgan fingerprint density at radius 1 is 1.29 bits per heavy atom. The van der Waals surface area contributed by atoms with Crippen LogP contribution in [0.25, 0.3) is 0 Å². The topological polar surface area (TPSA) is 29.1 Å². The minimum atomic E-state index is -0.718. The minimum Gasteiger partial charge on any atom is -0.309 e. The molecule has 2 rings (SSSR count). The lowest BCUT2D eigenvalue weighted by Crippen LogP contribution is -2.28. The number of aryl methyl sites for hydroxylation is 2. The molecule has 2 atom stereocenters. The highest BCUT2D eigenvalue weighted by molar-refractivity contribution is 7.85. The van der Waals surface area contributed by atoms with E-state index in [0.717, 1.165) is 18.1 Å². The number of nitrogens with one attached hydrogen (secondary N) is 1. The Labute approximate surface area is 132 Å². The Hall–Kier alpha value is -0.670. The summed E-state index contributed by atoms with van der Waals surface area (Å²) in [6, 6.07) is 6.80. The van der Waals surface area contributed by atoms with E-state index in [9.17, 15) is 4.21 Å². The Bertz CT molecular complexity index is 480. The fourth-order valence-corrected chi connectivity index (χ4v) is 5.08. The third-order valence-corrected chi connectivity index (χ3v) is 6.05. The van der Waals surface area contributed by atoms with Gasteiger partial charge in [0.15, 0.2) is 0 Å². The molecule has 3 heteroatoms. The predicted molar refractivity (Wildman–Crippen MR) is 92.2 cm³/mol. The Morgan fingerprint density at radius 2 is 2.00 bits per heavy atom. The molecule has 0 aromatic heterocycles. The van der Waals surface area contributed by atoms with Gasteiger partial charge in [-0.1, -0.05) is 43.5 Å². The van der Waals surface area contributed by atoms with Gasteiger partial charge in [0.2, 0.25) is 0 Å². The molecule has 0 radical (unpaired) electrons. The van der Waals surface area contributed by atoms with Gasteiger partial charge in [-0.25, -0.2) is 0 Å². The molecule has 1 aromatic rings. The van der Waals surface area contributed by atoms with E-state index in [1.165, 1.54) is 42.4 Å². The molecule has 0 heterocycles. The molecule has 2 nitrogen and oxygen atoms in total. The standard InChI is InChI=1S/C18H29NOS/c1-4-19-18(17-10-9-14(2)11-15(17)3)13-21(20)12-16-7-5-6-8-16/h9-11,16,18-19H,4-8,12-13H2,1-3H3. The molecule has 21 heavy (non-hydrogen) atoms. The van der Waals surface area contributed by atoms with Crippen molar-refractivity contribution in [2.45, 2.75) is 52.5 Å². The monoisotopic (exact) mass is 307 g/mol. The van der Waals surface area contributed by atoms with E-state index >= 15 is 0 Å². The van der Waals surface area contributed by atoms with Crippen LogP contribution < -0.4 is 5.32 Å². The predicted octanol–water partition coefficient (Wildman–Crippen LogP) is 3.89. The van der Waals surface area contributed by atoms with Crippen molar-refractivity contribution in [3.63, 3.8) is 0 Å². The molecule has 1 N–H and O–H groups in total. The molecular weight excluding hydrogens is 278 g/mol. The zero-order chi connectivity index (χ0) is 15.2. The zero-order valence-electron chi connectivity index (χ0n) is 13.7. The van der Waals surface area contributed by atoms with Gasteiger partial charge in [-0.05, 0) is 50.3 Å². The highest BCUT2D eigenvalue weighted by atomic mass is 32.2. The highest BCUT2D eigenvalue weighted by Gasteiger charge is 2.21. The maximum absolute atomic E-state index is 12.5. The van der Waals surface area contributed by atoms with Gasteiger partial charge in [-0.2, -0.15) is 0 Å². The van der Waals surface area contributed by atoms with Crippen molar-refractivity contribution in [1.29, 1.82) is 0 Å². The molecule has 1 aromatic carbocycles. The fourth-order valence-electron chi connectivity index (χ4n) is 3.42. The van der Waals surface area contributed by atoms with E-state index in [4.69, 9.17) is 0 Å². The first kappa shape index (κ1) is 16.7. The second kappa shape index (κ2) is 8.09. The lowest BCUT2D eigenvalue weighted by molar-refractivity contribution is 0.577. The van der Waals surface area contributed by atoms with Crippen molar-refractivity contribution in [2.75, 3.05) is 18.1 Å². The number of benzene rings is 1. The van der Waals surface area contributed by atoms with Gasteiger partial charge in [0.25, 0.3) is 0 Å². The average Bonchev–Trinajstić information content (AvgIpc) is 2.91. The van der Waals surface area contributed by atoms with Crippen LogP contribution in [0.3, 0.4) is 0 Å². The van der Waals surface area contributed by atoms with Gasteiger partial charge in [0.1, 0.15) is 0 Å². The molecule has 0 amide bonds. The van der Waals surface area contributed by atoms with Crippen LogP contribution in [-0.4, -0.2) is 22.3 Å². The molecule has 2 unspecified atom stereocenters. The van der Waals surface area contributed by atoms with Gasteiger partial charge in [-0.3, -0.25) is 4.21 Å². The molecule has 1 aliphatic rings. The summed E-state index contributed by atoms with van der Waals surface area (Å²) in [7, 11) is -0.718. The van der Waals surface area contributed by atoms with E-state index in [1.54, 1.807) is 0 Å². The van der Waals surface area contributed by atoms with Crippen LogP contribution in [0.2, 0.25) is 0 Å². The van der Waals surface area contributed by atoms with Crippen LogP contribution >= 0.6 is 0 Å². The lowest BCUT2D eigenvalue weighted by atomic mass is 10.0. The normalized spacial score (nSPS) is 18.8. The first-order valence-electron chi connectivity index (χ1n) is 8.25. The van der Waals surface area contributed by atoms with Crippen LogP contribution in [0.5, 0.6) is 0 Å². The van der Waals surface area contributed by atoms with Gasteiger partial charge >= 0.3 is 0 Å². The second-order valence-corrected chi connectivity index (χ2v) is 7.94. The van der Waals surface area contributed by atoms with E-state index in [2.05, 4.69) is 44.3 Å². The van der Waals surface area contributed by atoms with Gasteiger partial charge < -0.3 is 5.32 Å². The molecule has 1 fully saturated rings. The summed E-state index contributed by atoms with van der Waals surface area (Å²) in [6.07, 6.45) is 5.22. The molecule has 0 saturated heterocycles. The van der Waals surface area contributed by atoms with Crippen molar-refractivity contribution in [2.24, 2.45) is 5.92 Å². The Kier molecular flexibility index (Phi) is 6.43. The third kappa shape index (κ3) is 4.93. The average molecular weight is 308 g/mol. The highest BCUT2D eigenvalue weighted by Crippen LogP contribution is 2.26.